The second kappa shape index (κ2) is 4.17. The molecule has 74 valence electrons. The summed E-state index contributed by atoms with van der Waals surface area (Å²) >= 11 is 0. The highest BCUT2D eigenvalue weighted by Gasteiger charge is 2.00. The van der Waals surface area contributed by atoms with Crippen LogP contribution in [0.15, 0.2) is 12.4 Å². The molecule has 0 bridgehead atoms. The van der Waals surface area contributed by atoms with E-state index < -0.39 is 0 Å². The lowest BCUT2D eigenvalue weighted by Crippen LogP contribution is -1.94. The second-order valence-electron chi connectivity index (χ2n) is 3.42. The smallest absolute Gasteiger partial charge is 0.158 e. The van der Waals surface area contributed by atoms with E-state index in [1.165, 1.54) is 12.8 Å². The van der Waals surface area contributed by atoms with Crippen LogP contribution in [0.2, 0.25) is 0 Å². The van der Waals surface area contributed by atoms with Gasteiger partial charge in [-0.1, -0.05) is 19.8 Å². The molecule has 0 amide bonds. The molecule has 4 heteroatoms. The van der Waals surface area contributed by atoms with Gasteiger partial charge < -0.3 is 0 Å². The van der Waals surface area contributed by atoms with Gasteiger partial charge in [-0.2, -0.15) is 5.10 Å². The maximum atomic E-state index is 4.38. The van der Waals surface area contributed by atoms with Gasteiger partial charge in [0.15, 0.2) is 5.65 Å². The zero-order chi connectivity index (χ0) is 9.80. The van der Waals surface area contributed by atoms with Crippen LogP contribution < -0.4 is 0 Å². The van der Waals surface area contributed by atoms with Crippen LogP contribution in [0.1, 0.15) is 32.0 Å². The topological polar surface area (TPSA) is 54.5 Å². The highest BCUT2D eigenvalue weighted by Crippen LogP contribution is 2.07. The average molecular weight is 190 g/mol. The molecule has 0 unspecified atom stereocenters. The van der Waals surface area contributed by atoms with Gasteiger partial charge in [0.1, 0.15) is 5.82 Å². The molecule has 1 N–H and O–H groups in total. The highest BCUT2D eigenvalue weighted by atomic mass is 15.1. The van der Waals surface area contributed by atoms with Crippen LogP contribution in [0.5, 0.6) is 0 Å². The van der Waals surface area contributed by atoms with Gasteiger partial charge in [0, 0.05) is 12.6 Å². The summed E-state index contributed by atoms with van der Waals surface area (Å²) in [6.07, 6.45) is 8.16. The van der Waals surface area contributed by atoms with Crippen LogP contribution in [0.4, 0.5) is 0 Å². The van der Waals surface area contributed by atoms with Crippen molar-refractivity contribution in [3.8, 4) is 0 Å². The maximum absolute atomic E-state index is 4.38. The number of nitrogens with zero attached hydrogens (tertiary/aromatic N) is 3. The summed E-state index contributed by atoms with van der Waals surface area (Å²) in [4.78, 5) is 8.66. The Morgan fingerprint density at radius 1 is 1.29 bits per heavy atom. The van der Waals surface area contributed by atoms with Gasteiger partial charge in [-0.05, 0) is 6.42 Å². The molecule has 0 saturated heterocycles. The molecule has 0 saturated carbocycles. The highest BCUT2D eigenvalue weighted by molar-refractivity contribution is 5.72. The third kappa shape index (κ3) is 1.89. The molecular formula is C10H14N4. The molecule has 0 radical (unpaired) electrons. The maximum Gasteiger partial charge on any atom is 0.158 e. The predicted molar refractivity (Wildman–Crippen MR) is 54.9 cm³/mol. The minimum Gasteiger partial charge on any atom is -0.261 e. The zero-order valence-electron chi connectivity index (χ0n) is 8.32. The zero-order valence-corrected chi connectivity index (χ0v) is 8.32. The van der Waals surface area contributed by atoms with Crippen molar-refractivity contribution in [2.24, 2.45) is 0 Å². The molecule has 0 fully saturated rings. The van der Waals surface area contributed by atoms with E-state index in [0.717, 1.165) is 29.7 Å². The van der Waals surface area contributed by atoms with Gasteiger partial charge in [0.2, 0.25) is 0 Å². The number of hydrogen-bond acceptors (Lipinski definition) is 3. The summed E-state index contributed by atoms with van der Waals surface area (Å²) in [6.45, 7) is 2.19. The first-order valence-electron chi connectivity index (χ1n) is 5.05. The van der Waals surface area contributed by atoms with E-state index in [-0.39, 0.29) is 0 Å². The van der Waals surface area contributed by atoms with Crippen LogP contribution in [-0.4, -0.2) is 20.2 Å². The van der Waals surface area contributed by atoms with E-state index in [1.54, 1.807) is 6.20 Å². The normalized spacial score (nSPS) is 10.9. The predicted octanol–water partition coefficient (Wildman–Crippen LogP) is 2.09. The van der Waals surface area contributed by atoms with E-state index in [4.69, 9.17) is 0 Å². The first kappa shape index (κ1) is 9.12. The molecule has 2 heterocycles. The summed E-state index contributed by atoms with van der Waals surface area (Å²) in [6, 6.07) is 0. The van der Waals surface area contributed by atoms with Crippen molar-refractivity contribution in [1.82, 2.24) is 20.2 Å². The lowest BCUT2D eigenvalue weighted by Gasteiger charge is -1.97. The fourth-order valence-electron chi connectivity index (χ4n) is 1.43. The van der Waals surface area contributed by atoms with Crippen molar-refractivity contribution < 1.29 is 0 Å². The van der Waals surface area contributed by atoms with Crippen molar-refractivity contribution in [1.29, 1.82) is 0 Å². The fraction of sp³-hybridized carbons (Fsp3) is 0.500. The molecule has 2 aromatic heterocycles. The van der Waals surface area contributed by atoms with Crippen molar-refractivity contribution in [2.75, 3.05) is 0 Å². The van der Waals surface area contributed by atoms with E-state index in [1.807, 2.05) is 6.20 Å². The van der Waals surface area contributed by atoms with Crippen LogP contribution >= 0.6 is 0 Å². The van der Waals surface area contributed by atoms with Gasteiger partial charge in [-0.15, -0.1) is 0 Å². The monoisotopic (exact) mass is 190 g/mol. The summed E-state index contributed by atoms with van der Waals surface area (Å²) in [7, 11) is 0. The Morgan fingerprint density at radius 3 is 3.07 bits per heavy atom. The average Bonchev–Trinajstić information content (AvgIpc) is 2.65. The SMILES string of the molecule is CCCCCc1ncc2cn[nH]c2n1. The number of unbranched alkanes of at least 4 members (excludes halogenated alkanes) is 2. The van der Waals surface area contributed by atoms with Crippen molar-refractivity contribution in [3.63, 3.8) is 0 Å². The molecule has 14 heavy (non-hydrogen) atoms. The van der Waals surface area contributed by atoms with E-state index >= 15 is 0 Å². The molecule has 0 aliphatic heterocycles. The van der Waals surface area contributed by atoms with E-state index in [2.05, 4.69) is 27.1 Å². The Kier molecular flexibility index (Phi) is 2.72. The van der Waals surface area contributed by atoms with E-state index in [9.17, 15) is 0 Å². The molecule has 2 rings (SSSR count). The van der Waals surface area contributed by atoms with Crippen LogP contribution in [0.3, 0.4) is 0 Å². The van der Waals surface area contributed by atoms with E-state index in [0.29, 0.717) is 0 Å². The summed E-state index contributed by atoms with van der Waals surface area (Å²) in [5.74, 6) is 0.912. The number of fused-ring (bicyclic) bond motifs is 1. The summed E-state index contributed by atoms with van der Waals surface area (Å²) in [5, 5.41) is 7.74. The van der Waals surface area contributed by atoms with Crippen molar-refractivity contribution in [3.05, 3.63) is 18.2 Å². The molecule has 4 nitrogen and oxygen atoms in total. The third-order valence-corrected chi connectivity index (χ3v) is 2.24. The van der Waals surface area contributed by atoms with Gasteiger partial charge in [0.05, 0.1) is 11.6 Å². The molecule has 2 aromatic rings. The number of H-pyrrole nitrogens is 1. The first-order valence-corrected chi connectivity index (χ1v) is 5.05. The van der Waals surface area contributed by atoms with Gasteiger partial charge >= 0.3 is 0 Å². The molecule has 0 aliphatic carbocycles. The van der Waals surface area contributed by atoms with Crippen LogP contribution in [0, 0.1) is 0 Å². The minimum atomic E-state index is 0.839. The largest absolute Gasteiger partial charge is 0.261 e. The Bertz CT molecular complexity index is 407. The molecule has 0 aliphatic rings. The number of aryl methyl sites for hydroxylation is 1. The number of aromatic nitrogens is 4. The van der Waals surface area contributed by atoms with Gasteiger partial charge in [-0.25, -0.2) is 9.97 Å². The molecule has 0 aromatic carbocycles. The summed E-state index contributed by atoms with van der Waals surface area (Å²) < 4.78 is 0. The molecule has 0 spiro atoms. The van der Waals surface area contributed by atoms with Gasteiger partial charge in [-0.3, -0.25) is 5.10 Å². The van der Waals surface area contributed by atoms with Gasteiger partial charge in [0.25, 0.3) is 0 Å². The number of rotatable bonds is 4. The Labute approximate surface area is 82.8 Å². The molecule has 0 atom stereocenters. The summed E-state index contributed by atoms with van der Waals surface area (Å²) in [5.41, 5.74) is 0.839. The lowest BCUT2D eigenvalue weighted by atomic mass is 10.2. The minimum absolute atomic E-state index is 0.839. The quantitative estimate of drug-likeness (QED) is 0.751. The Balaban J connectivity index is 2.10. The Morgan fingerprint density at radius 2 is 2.21 bits per heavy atom. The number of nitrogens with one attached hydrogen (secondary N) is 1. The standard InChI is InChI=1S/C10H14N4/c1-2-3-4-5-9-11-6-8-7-12-14-10(8)13-9/h6-7H,2-5H2,1H3,(H,11,12,13,14). The molecular weight excluding hydrogens is 176 g/mol. The number of hydrogen-bond donors (Lipinski definition) is 1. The fourth-order valence-corrected chi connectivity index (χ4v) is 1.43. The third-order valence-electron chi connectivity index (χ3n) is 2.24. The Hall–Kier alpha value is -1.45. The first-order chi connectivity index (χ1) is 6.90. The lowest BCUT2D eigenvalue weighted by molar-refractivity contribution is 0.695. The van der Waals surface area contributed by atoms with Crippen LogP contribution in [0.25, 0.3) is 11.0 Å². The second-order valence-corrected chi connectivity index (χ2v) is 3.42. The van der Waals surface area contributed by atoms with Crippen LogP contribution in [-0.2, 0) is 6.42 Å². The van der Waals surface area contributed by atoms with Crippen molar-refractivity contribution >= 4 is 11.0 Å². The number of aromatic amines is 1. The van der Waals surface area contributed by atoms with Crippen molar-refractivity contribution in [2.45, 2.75) is 32.6 Å².